The van der Waals surface area contributed by atoms with E-state index in [4.69, 9.17) is 5.73 Å². The van der Waals surface area contributed by atoms with Crippen LogP contribution in [0.1, 0.15) is 38.0 Å². The van der Waals surface area contributed by atoms with Crippen LogP contribution in [0.3, 0.4) is 0 Å². The van der Waals surface area contributed by atoms with Gasteiger partial charge in [0.1, 0.15) is 0 Å². The van der Waals surface area contributed by atoms with Crippen LogP contribution in [0.4, 0.5) is 0 Å². The van der Waals surface area contributed by atoms with E-state index in [0.29, 0.717) is 13.1 Å². The van der Waals surface area contributed by atoms with Crippen molar-refractivity contribution in [1.29, 1.82) is 0 Å². The van der Waals surface area contributed by atoms with Crippen molar-refractivity contribution in [3.63, 3.8) is 0 Å². The molecule has 5 heteroatoms. The molecule has 18 heavy (non-hydrogen) atoms. The molecule has 0 aliphatic rings. The van der Waals surface area contributed by atoms with Crippen molar-refractivity contribution >= 4 is 33.2 Å². The fourth-order valence-electron chi connectivity index (χ4n) is 1.75. The molecule has 0 radical (unpaired) electrons. The molecular weight excluding hydrogens is 312 g/mol. The Labute approximate surface area is 121 Å². The summed E-state index contributed by atoms with van der Waals surface area (Å²) in [7, 11) is 0. The fraction of sp³-hybridized carbons (Fsp3) is 0.615. The average molecular weight is 333 g/mol. The Bertz CT molecular complexity index is 381. The monoisotopic (exact) mass is 332 g/mol. The van der Waals surface area contributed by atoms with E-state index in [1.165, 1.54) is 4.88 Å². The molecule has 3 nitrogen and oxygen atoms in total. The number of nitrogens with zero attached hydrogens (tertiary/aromatic N) is 1. The quantitative estimate of drug-likeness (QED) is 0.831. The lowest BCUT2D eigenvalue weighted by atomic mass is 10.1. The first-order valence-electron chi connectivity index (χ1n) is 6.37. The van der Waals surface area contributed by atoms with Crippen LogP contribution in [0.25, 0.3) is 0 Å². The van der Waals surface area contributed by atoms with Gasteiger partial charge >= 0.3 is 0 Å². The summed E-state index contributed by atoms with van der Waals surface area (Å²) in [6, 6.07) is 3.70. The van der Waals surface area contributed by atoms with Crippen molar-refractivity contribution in [2.75, 3.05) is 6.54 Å². The van der Waals surface area contributed by atoms with E-state index in [9.17, 15) is 4.79 Å². The second-order valence-electron chi connectivity index (χ2n) is 4.31. The van der Waals surface area contributed by atoms with Crippen molar-refractivity contribution in [3.8, 4) is 0 Å². The minimum absolute atomic E-state index is 0.0653. The summed E-state index contributed by atoms with van der Waals surface area (Å²) in [5.74, 6) is 0.0653. The van der Waals surface area contributed by atoms with Crippen molar-refractivity contribution in [3.05, 3.63) is 20.8 Å². The van der Waals surface area contributed by atoms with Gasteiger partial charge in [0.15, 0.2) is 0 Å². The maximum absolute atomic E-state index is 12.2. The lowest BCUT2D eigenvalue weighted by Crippen LogP contribution is -2.43. The topological polar surface area (TPSA) is 46.3 Å². The largest absolute Gasteiger partial charge is 0.336 e. The van der Waals surface area contributed by atoms with Crippen LogP contribution in [0.5, 0.6) is 0 Å². The van der Waals surface area contributed by atoms with Gasteiger partial charge in [0, 0.05) is 11.4 Å². The van der Waals surface area contributed by atoms with E-state index in [1.807, 2.05) is 24.0 Å². The third-order valence-corrected chi connectivity index (χ3v) is 4.46. The highest BCUT2D eigenvalue weighted by atomic mass is 79.9. The molecule has 0 aromatic carbocycles. The van der Waals surface area contributed by atoms with Crippen LogP contribution in [0, 0.1) is 0 Å². The second kappa shape index (κ2) is 7.92. The number of likely N-dealkylation sites (N-methyl/N-ethyl adjacent to an activating group) is 1. The zero-order chi connectivity index (χ0) is 13.5. The Kier molecular flexibility index (Phi) is 6.89. The Morgan fingerprint density at radius 3 is 2.72 bits per heavy atom. The number of rotatable bonds is 7. The minimum Gasteiger partial charge on any atom is -0.336 e. The normalized spacial score (nSPS) is 12.4. The predicted octanol–water partition coefficient (Wildman–Crippen LogP) is 3.38. The van der Waals surface area contributed by atoms with Crippen molar-refractivity contribution in [2.24, 2.45) is 5.73 Å². The highest BCUT2D eigenvalue weighted by Gasteiger charge is 2.19. The summed E-state index contributed by atoms with van der Waals surface area (Å²) < 4.78 is 1.09. The molecule has 0 spiro atoms. The summed E-state index contributed by atoms with van der Waals surface area (Å²) in [5, 5.41) is 0. The molecule has 1 heterocycles. The number of unbranched alkanes of at least 4 members (excludes halogenated alkanes) is 1. The molecule has 1 atom stereocenters. The number of hydrogen-bond donors (Lipinski definition) is 1. The van der Waals surface area contributed by atoms with E-state index in [-0.39, 0.29) is 11.9 Å². The molecule has 0 bridgehead atoms. The molecule has 0 saturated carbocycles. The Balaban J connectivity index is 2.57. The maximum atomic E-state index is 12.2. The van der Waals surface area contributed by atoms with Crippen LogP contribution in [0.15, 0.2) is 15.9 Å². The van der Waals surface area contributed by atoms with Crippen LogP contribution >= 0.6 is 27.3 Å². The molecule has 0 fully saturated rings. The van der Waals surface area contributed by atoms with E-state index < -0.39 is 0 Å². The van der Waals surface area contributed by atoms with Gasteiger partial charge in [-0.05, 0) is 41.4 Å². The zero-order valence-electron chi connectivity index (χ0n) is 11.0. The Morgan fingerprint density at radius 1 is 1.50 bits per heavy atom. The number of halogens is 1. The molecule has 102 valence electrons. The van der Waals surface area contributed by atoms with Gasteiger partial charge in [-0.1, -0.05) is 19.8 Å². The highest BCUT2D eigenvalue weighted by Crippen LogP contribution is 2.23. The molecule has 1 amide bonds. The number of amides is 1. The standard InChI is InChI=1S/C13H21BrN2OS/c1-3-5-6-11(15)13(17)16(4-2)9-10-7-8-12(14)18-10/h7-8,11H,3-6,9,15H2,1-2H3. The molecule has 0 saturated heterocycles. The van der Waals surface area contributed by atoms with E-state index in [2.05, 4.69) is 22.9 Å². The first kappa shape index (κ1) is 15.7. The third kappa shape index (κ3) is 4.71. The van der Waals surface area contributed by atoms with Crippen molar-refractivity contribution < 1.29 is 4.79 Å². The molecule has 2 N–H and O–H groups in total. The third-order valence-electron chi connectivity index (χ3n) is 2.85. The summed E-state index contributed by atoms with van der Waals surface area (Å²) in [6.45, 7) is 5.46. The number of nitrogens with two attached hydrogens (primary N) is 1. The minimum atomic E-state index is -0.353. The Hall–Kier alpha value is -0.390. The summed E-state index contributed by atoms with van der Waals surface area (Å²) in [4.78, 5) is 15.2. The summed E-state index contributed by atoms with van der Waals surface area (Å²) in [6.07, 6.45) is 2.86. The molecule has 1 unspecified atom stereocenters. The smallest absolute Gasteiger partial charge is 0.239 e. The number of carbonyl (C=O) groups is 1. The fourth-order valence-corrected chi connectivity index (χ4v) is 3.25. The zero-order valence-corrected chi connectivity index (χ0v) is 13.4. The number of hydrogen-bond acceptors (Lipinski definition) is 3. The van der Waals surface area contributed by atoms with Gasteiger partial charge in [0.05, 0.1) is 16.4 Å². The van der Waals surface area contributed by atoms with Crippen LogP contribution < -0.4 is 5.73 Å². The summed E-state index contributed by atoms with van der Waals surface area (Å²) >= 11 is 5.09. The van der Waals surface area contributed by atoms with Gasteiger partial charge < -0.3 is 10.6 Å². The lowest BCUT2D eigenvalue weighted by molar-refractivity contribution is -0.133. The highest BCUT2D eigenvalue weighted by molar-refractivity contribution is 9.11. The van der Waals surface area contributed by atoms with E-state index in [0.717, 1.165) is 23.0 Å². The Morgan fingerprint density at radius 2 is 2.22 bits per heavy atom. The van der Waals surface area contributed by atoms with Gasteiger partial charge in [-0.2, -0.15) is 0 Å². The molecule has 1 aromatic rings. The van der Waals surface area contributed by atoms with Crippen LogP contribution in [0.2, 0.25) is 0 Å². The van der Waals surface area contributed by atoms with Crippen molar-refractivity contribution in [2.45, 2.75) is 45.7 Å². The van der Waals surface area contributed by atoms with Gasteiger partial charge in [-0.25, -0.2) is 0 Å². The first-order chi connectivity index (χ1) is 8.58. The SMILES string of the molecule is CCCCC(N)C(=O)N(CC)Cc1ccc(Br)s1. The number of thiophene rings is 1. The molecular formula is C13H21BrN2OS. The predicted molar refractivity (Wildman–Crippen MR) is 80.6 cm³/mol. The second-order valence-corrected chi connectivity index (χ2v) is 6.85. The van der Waals surface area contributed by atoms with E-state index in [1.54, 1.807) is 11.3 Å². The van der Waals surface area contributed by atoms with E-state index >= 15 is 0 Å². The summed E-state index contributed by atoms with van der Waals surface area (Å²) in [5.41, 5.74) is 5.94. The molecule has 1 aromatic heterocycles. The average Bonchev–Trinajstić information content (AvgIpc) is 2.77. The number of carbonyl (C=O) groups excluding carboxylic acids is 1. The van der Waals surface area contributed by atoms with Gasteiger partial charge in [-0.3, -0.25) is 4.79 Å². The van der Waals surface area contributed by atoms with Crippen LogP contribution in [-0.4, -0.2) is 23.4 Å². The van der Waals surface area contributed by atoms with Crippen molar-refractivity contribution in [1.82, 2.24) is 4.90 Å². The molecule has 0 aliphatic carbocycles. The molecule has 1 rings (SSSR count). The van der Waals surface area contributed by atoms with Crippen LogP contribution in [-0.2, 0) is 11.3 Å². The maximum Gasteiger partial charge on any atom is 0.239 e. The lowest BCUT2D eigenvalue weighted by Gasteiger charge is -2.23. The molecule has 0 aliphatic heterocycles. The van der Waals surface area contributed by atoms with Gasteiger partial charge in [0.25, 0.3) is 0 Å². The van der Waals surface area contributed by atoms with Gasteiger partial charge in [0.2, 0.25) is 5.91 Å². The van der Waals surface area contributed by atoms with Gasteiger partial charge in [-0.15, -0.1) is 11.3 Å². The first-order valence-corrected chi connectivity index (χ1v) is 7.98.